The molecule has 0 aromatic carbocycles. The zero-order chi connectivity index (χ0) is 9.10. The van der Waals surface area contributed by atoms with Gasteiger partial charge in [-0.2, -0.15) is 0 Å². The van der Waals surface area contributed by atoms with Crippen LogP contribution < -0.4 is 10.0 Å². The Morgan fingerprint density at radius 3 is 2.85 bits per heavy atom. The molecule has 1 aromatic rings. The zero-order valence-electron chi connectivity index (χ0n) is 7.44. The van der Waals surface area contributed by atoms with Gasteiger partial charge in [0.15, 0.2) is 0 Å². The van der Waals surface area contributed by atoms with Crippen LogP contribution in [0.2, 0.25) is 0 Å². The maximum atomic E-state index is 5.49. The van der Waals surface area contributed by atoms with Crippen LogP contribution in [0.15, 0.2) is 23.2 Å². The van der Waals surface area contributed by atoms with Crippen molar-refractivity contribution in [3.8, 4) is 0 Å². The van der Waals surface area contributed by atoms with Gasteiger partial charge < -0.3 is 4.90 Å². The number of pyridine rings is 1. The molecular weight excluding hydrogens is 182 g/mol. The van der Waals surface area contributed by atoms with Gasteiger partial charge in [-0.05, 0) is 36.9 Å². The highest BCUT2D eigenvalue weighted by Crippen LogP contribution is 2.21. The van der Waals surface area contributed by atoms with Crippen LogP contribution in [0.1, 0.15) is 12.8 Å². The maximum absolute atomic E-state index is 5.49. The van der Waals surface area contributed by atoms with Gasteiger partial charge in [-0.25, -0.2) is 4.98 Å². The van der Waals surface area contributed by atoms with E-state index in [-0.39, 0.29) is 0 Å². The van der Waals surface area contributed by atoms with Crippen molar-refractivity contribution in [2.45, 2.75) is 17.7 Å². The van der Waals surface area contributed by atoms with Crippen LogP contribution in [-0.4, -0.2) is 18.1 Å². The van der Waals surface area contributed by atoms with Gasteiger partial charge in [0.25, 0.3) is 0 Å². The summed E-state index contributed by atoms with van der Waals surface area (Å²) in [6, 6.07) is 3.99. The summed E-state index contributed by atoms with van der Waals surface area (Å²) in [6.07, 6.45) is 4.38. The minimum atomic E-state index is 1.06. The first-order valence-electron chi connectivity index (χ1n) is 4.48. The highest BCUT2D eigenvalue weighted by molar-refractivity contribution is 7.97. The van der Waals surface area contributed by atoms with Crippen LogP contribution >= 0.6 is 11.9 Å². The van der Waals surface area contributed by atoms with Gasteiger partial charge >= 0.3 is 0 Å². The number of hydrogen-bond donors (Lipinski definition) is 1. The second kappa shape index (κ2) is 3.98. The lowest BCUT2D eigenvalue weighted by atomic mass is 10.4. The van der Waals surface area contributed by atoms with Crippen molar-refractivity contribution in [2.75, 3.05) is 18.0 Å². The van der Waals surface area contributed by atoms with E-state index < -0.39 is 0 Å². The largest absolute Gasteiger partial charge is 0.357 e. The third kappa shape index (κ3) is 1.95. The predicted octanol–water partition coefficient (Wildman–Crippen LogP) is 1.65. The third-order valence-electron chi connectivity index (χ3n) is 2.28. The molecule has 1 aliphatic rings. The maximum Gasteiger partial charge on any atom is 0.129 e. The van der Waals surface area contributed by atoms with E-state index in [0.29, 0.717) is 0 Å². The summed E-state index contributed by atoms with van der Waals surface area (Å²) >= 11 is 1.28. The lowest BCUT2D eigenvalue weighted by Crippen LogP contribution is -2.18. The summed E-state index contributed by atoms with van der Waals surface area (Å²) in [6.45, 7) is 2.26. The molecule has 13 heavy (non-hydrogen) atoms. The smallest absolute Gasteiger partial charge is 0.129 e. The molecule has 0 radical (unpaired) electrons. The van der Waals surface area contributed by atoms with Gasteiger partial charge in [-0.1, -0.05) is 0 Å². The zero-order valence-corrected chi connectivity index (χ0v) is 8.26. The van der Waals surface area contributed by atoms with Gasteiger partial charge in [0, 0.05) is 24.2 Å². The number of nitrogens with zero attached hydrogens (tertiary/aromatic N) is 2. The highest BCUT2D eigenvalue weighted by atomic mass is 32.2. The van der Waals surface area contributed by atoms with Crippen LogP contribution in [0, 0.1) is 0 Å². The summed E-state index contributed by atoms with van der Waals surface area (Å²) < 4.78 is 0. The summed E-state index contributed by atoms with van der Waals surface area (Å²) in [7, 11) is 0. The van der Waals surface area contributed by atoms with Crippen molar-refractivity contribution in [1.82, 2.24) is 4.98 Å². The summed E-state index contributed by atoms with van der Waals surface area (Å²) in [5.41, 5.74) is 0. The Balaban J connectivity index is 2.18. The van der Waals surface area contributed by atoms with Crippen LogP contribution in [0.3, 0.4) is 0 Å². The number of nitrogens with two attached hydrogens (primary N) is 1. The molecule has 0 unspecified atom stereocenters. The number of hydrogen-bond acceptors (Lipinski definition) is 4. The molecule has 0 bridgehead atoms. The van der Waals surface area contributed by atoms with E-state index >= 15 is 0 Å². The summed E-state index contributed by atoms with van der Waals surface area (Å²) in [4.78, 5) is 7.71. The first-order valence-corrected chi connectivity index (χ1v) is 5.36. The quantitative estimate of drug-likeness (QED) is 0.729. The highest BCUT2D eigenvalue weighted by Gasteiger charge is 2.13. The lowest BCUT2D eigenvalue weighted by molar-refractivity contribution is 0.932. The molecule has 70 valence electrons. The van der Waals surface area contributed by atoms with Gasteiger partial charge in [-0.15, -0.1) is 0 Å². The molecule has 2 heterocycles. The van der Waals surface area contributed by atoms with Gasteiger partial charge in [0.05, 0.1) is 0 Å². The van der Waals surface area contributed by atoms with Crippen LogP contribution in [0.5, 0.6) is 0 Å². The van der Waals surface area contributed by atoms with E-state index in [1.54, 1.807) is 0 Å². The van der Waals surface area contributed by atoms with Crippen molar-refractivity contribution in [3.05, 3.63) is 18.3 Å². The monoisotopic (exact) mass is 195 g/mol. The lowest BCUT2D eigenvalue weighted by Gasteiger charge is -2.16. The molecule has 0 amide bonds. The van der Waals surface area contributed by atoms with Gasteiger partial charge in [0.2, 0.25) is 0 Å². The molecule has 1 saturated heterocycles. The first kappa shape index (κ1) is 8.84. The predicted molar refractivity (Wildman–Crippen MR) is 55.7 cm³/mol. The molecule has 4 heteroatoms. The molecule has 0 aliphatic carbocycles. The van der Waals surface area contributed by atoms with Crippen molar-refractivity contribution in [1.29, 1.82) is 0 Å². The Bertz CT molecular complexity index is 284. The Labute approximate surface area is 82.5 Å². The molecule has 1 aliphatic heterocycles. The third-order valence-corrected chi connectivity index (χ3v) is 2.81. The van der Waals surface area contributed by atoms with Crippen LogP contribution in [-0.2, 0) is 0 Å². The van der Waals surface area contributed by atoms with Gasteiger partial charge in [-0.3, -0.25) is 5.14 Å². The van der Waals surface area contributed by atoms with Crippen LogP contribution in [0.25, 0.3) is 0 Å². The molecule has 1 fully saturated rings. The van der Waals surface area contributed by atoms with E-state index in [1.165, 1.54) is 24.8 Å². The minimum absolute atomic E-state index is 1.06. The molecule has 0 spiro atoms. The fourth-order valence-electron chi connectivity index (χ4n) is 1.59. The molecule has 0 saturated carbocycles. The average Bonchev–Trinajstić information content (AvgIpc) is 2.71. The molecule has 3 nitrogen and oxygen atoms in total. The van der Waals surface area contributed by atoms with E-state index in [1.807, 2.05) is 12.3 Å². The summed E-state index contributed by atoms with van der Waals surface area (Å²) in [5, 5.41) is 5.49. The number of aromatic nitrogens is 1. The van der Waals surface area contributed by atoms with Crippen molar-refractivity contribution < 1.29 is 0 Å². The Morgan fingerprint density at radius 2 is 2.15 bits per heavy atom. The van der Waals surface area contributed by atoms with E-state index in [4.69, 9.17) is 5.14 Å². The molecule has 2 N–H and O–H groups in total. The number of anilines is 1. The Morgan fingerprint density at radius 1 is 1.38 bits per heavy atom. The fraction of sp³-hybridized carbons (Fsp3) is 0.444. The Hall–Kier alpha value is -0.740. The molecule has 2 rings (SSSR count). The van der Waals surface area contributed by atoms with Crippen molar-refractivity contribution >= 4 is 17.8 Å². The molecule has 1 aromatic heterocycles. The molecular formula is C9H13N3S. The van der Waals surface area contributed by atoms with Gasteiger partial charge in [0.1, 0.15) is 5.82 Å². The first-order chi connectivity index (χ1) is 6.40. The minimum Gasteiger partial charge on any atom is -0.357 e. The molecule has 0 atom stereocenters. The second-order valence-corrected chi connectivity index (χ2v) is 3.87. The topological polar surface area (TPSA) is 42.1 Å². The van der Waals surface area contributed by atoms with E-state index in [9.17, 15) is 0 Å². The average molecular weight is 195 g/mol. The van der Waals surface area contributed by atoms with E-state index in [0.717, 1.165) is 23.8 Å². The Kier molecular flexibility index (Phi) is 2.71. The van der Waals surface area contributed by atoms with Crippen molar-refractivity contribution in [2.24, 2.45) is 5.14 Å². The van der Waals surface area contributed by atoms with Crippen molar-refractivity contribution in [3.63, 3.8) is 0 Å². The SMILES string of the molecule is NSc1ccnc(N2CCCC2)c1. The van der Waals surface area contributed by atoms with E-state index in [2.05, 4.69) is 16.0 Å². The normalized spacial score (nSPS) is 16.5. The standard InChI is InChI=1S/C9H13N3S/c10-13-8-3-4-11-9(7-8)12-5-1-2-6-12/h3-4,7H,1-2,5-6,10H2. The number of rotatable bonds is 2. The van der Waals surface area contributed by atoms with Crippen LogP contribution in [0.4, 0.5) is 5.82 Å². The summed E-state index contributed by atoms with van der Waals surface area (Å²) in [5.74, 6) is 1.06. The second-order valence-electron chi connectivity index (χ2n) is 3.16. The fourth-order valence-corrected chi connectivity index (χ4v) is 1.91.